The van der Waals surface area contributed by atoms with E-state index in [1.54, 1.807) is 47.9 Å². The second kappa shape index (κ2) is 8.45. The third-order valence-corrected chi connectivity index (χ3v) is 4.94. The van der Waals surface area contributed by atoms with E-state index in [-0.39, 0.29) is 24.4 Å². The van der Waals surface area contributed by atoms with Gasteiger partial charge in [-0.05, 0) is 61.0 Å². The van der Waals surface area contributed by atoms with Gasteiger partial charge in [0.25, 0.3) is 0 Å². The molecule has 8 heteroatoms. The van der Waals surface area contributed by atoms with E-state index >= 15 is 0 Å². The molecule has 0 spiro atoms. The summed E-state index contributed by atoms with van der Waals surface area (Å²) in [4.78, 5) is 16.6. The van der Waals surface area contributed by atoms with Crippen LogP contribution in [0.1, 0.15) is 34.2 Å². The molecule has 0 amide bonds. The topological polar surface area (TPSA) is 44.1 Å². The number of fused-ring (bicyclic) bond motifs is 1. The van der Waals surface area contributed by atoms with Crippen molar-refractivity contribution in [3.63, 3.8) is 0 Å². The van der Waals surface area contributed by atoms with Gasteiger partial charge >= 0.3 is 12.1 Å². The summed E-state index contributed by atoms with van der Waals surface area (Å²) in [5.74, 6) is -0.440. The molecule has 0 atom stereocenters. The lowest BCUT2D eigenvalue weighted by Gasteiger charge is -2.12. The Morgan fingerprint density at radius 1 is 1.03 bits per heavy atom. The fraction of sp³-hybridized carbons (Fsp3) is 0.167. The van der Waals surface area contributed by atoms with Gasteiger partial charge in [-0.15, -0.1) is 0 Å². The van der Waals surface area contributed by atoms with Crippen LogP contribution in [-0.2, 0) is 17.3 Å². The molecular weight excluding hydrogens is 424 g/mol. The molecule has 0 unspecified atom stereocenters. The number of alkyl halides is 3. The first-order valence-corrected chi connectivity index (χ1v) is 9.87. The molecule has 164 valence electrons. The number of imidazole rings is 1. The van der Waals surface area contributed by atoms with Crippen LogP contribution in [-0.4, -0.2) is 22.1 Å². The molecular formula is C24H18F4N2O2. The highest BCUT2D eigenvalue weighted by Crippen LogP contribution is 2.33. The molecule has 1 aromatic heterocycles. The zero-order valence-electron chi connectivity index (χ0n) is 17.0. The summed E-state index contributed by atoms with van der Waals surface area (Å²) in [6, 6.07) is 15.8. The van der Waals surface area contributed by atoms with Gasteiger partial charge in [0.1, 0.15) is 11.6 Å². The van der Waals surface area contributed by atoms with Crippen LogP contribution in [0.5, 0.6) is 0 Å². The van der Waals surface area contributed by atoms with Crippen LogP contribution in [0.3, 0.4) is 0 Å². The van der Waals surface area contributed by atoms with E-state index in [9.17, 15) is 22.4 Å². The van der Waals surface area contributed by atoms with Crippen molar-refractivity contribution in [3.05, 3.63) is 95.1 Å². The van der Waals surface area contributed by atoms with Crippen molar-refractivity contribution in [1.29, 1.82) is 0 Å². The molecule has 3 aromatic carbocycles. The summed E-state index contributed by atoms with van der Waals surface area (Å²) in [6.07, 6.45) is -4.25. The molecule has 4 aromatic rings. The SMILES string of the molecule is CCOC(=O)c1cccc(-n2c(Cc3ccc(F)cc3)nc3cc(C(F)(F)F)ccc32)c1. The highest BCUT2D eigenvalue weighted by molar-refractivity contribution is 5.90. The Balaban J connectivity index is 1.87. The zero-order valence-corrected chi connectivity index (χ0v) is 17.0. The first-order chi connectivity index (χ1) is 15.3. The molecule has 0 aliphatic heterocycles. The number of carbonyl (C=O) groups is 1. The molecule has 0 aliphatic carbocycles. The lowest BCUT2D eigenvalue weighted by atomic mass is 10.1. The predicted molar refractivity (Wildman–Crippen MR) is 111 cm³/mol. The maximum atomic E-state index is 13.3. The first-order valence-electron chi connectivity index (χ1n) is 9.87. The van der Waals surface area contributed by atoms with Crippen molar-refractivity contribution in [2.24, 2.45) is 0 Å². The van der Waals surface area contributed by atoms with E-state index in [0.717, 1.165) is 17.7 Å². The van der Waals surface area contributed by atoms with Gasteiger partial charge in [0.05, 0.1) is 28.8 Å². The zero-order chi connectivity index (χ0) is 22.9. The number of carbonyl (C=O) groups excluding carboxylic acids is 1. The second-order valence-electron chi connectivity index (χ2n) is 7.14. The van der Waals surface area contributed by atoms with Crippen LogP contribution in [0.25, 0.3) is 16.7 Å². The second-order valence-corrected chi connectivity index (χ2v) is 7.14. The van der Waals surface area contributed by atoms with Crippen LogP contribution in [0.2, 0.25) is 0 Å². The van der Waals surface area contributed by atoms with Crippen molar-refractivity contribution in [3.8, 4) is 5.69 Å². The molecule has 0 bridgehead atoms. The minimum absolute atomic E-state index is 0.165. The van der Waals surface area contributed by atoms with Gasteiger partial charge in [-0.1, -0.05) is 18.2 Å². The lowest BCUT2D eigenvalue weighted by molar-refractivity contribution is -0.137. The number of aromatic nitrogens is 2. The fourth-order valence-corrected chi connectivity index (χ4v) is 3.48. The quantitative estimate of drug-likeness (QED) is 0.283. The van der Waals surface area contributed by atoms with Crippen molar-refractivity contribution >= 4 is 17.0 Å². The number of benzene rings is 3. The Hall–Kier alpha value is -3.68. The fourth-order valence-electron chi connectivity index (χ4n) is 3.48. The highest BCUT2D eigenvalue weighted by atomic mass is 19.4. The van der Waals surface area contributed by atoms with Crippen LogP contribution in [0, 0.1) is 5.82 Å². The van der Waals surface area contributed by atoms with Crippen LogP contribution >= 0.6 is 0 Å². The Morgan fingerprint density at radius 2 is 1.78 bits per heavy atom. The highest BCUT2D eigenvalue weighted by Gasteiger charge is 2.31. The van der Waals surface area contributed by atoms with Gasteiger partial charge < -0.3 is 4.74 Å². The molecule has 4 nitrogen and oxygen atoms in total. The van der Waals surface area contributed by atoms with Crippen molar-refractivity contribution < 1.29 is 27.1 Å². The van der Waals surface area contributed by atoms with E-state index in [4.69, 9.17) is 4.74 Å². The van der Waals surface area contributed by atoms with Gasteiger partial charge in [0.15, 0.2) is 0 Å². The van der Waals surface area contributed by atoms with Crippen LogP contribution in [0.15, 0.2) is 66.7 Å². The number of esters is 1. The largest absolute Gasteiger partial charge is 0.462 e. The number of hydrogen-bond donors (Lipinski definition) is 0. The summed E-state index contributed by atoms with van der Waals surface area (Å²) in [5, 5.41) is 0. The number of rotatable bonds is 5. The number of nitrogens with zero attached hydrogens (tertiary/aromatic N) is 2. The van der Waals surface area contributed by atoms with Crippen molar-refractivity contribution in [2.45, 2.75) is 19.5 Å². The molecule has 4 rings (SSSR count). The summed E-state index contributed by atoms with van der Waals surface area (Å²) in [6.45, 7) is 1.91. The molecule has 1 heterocycles. The normalized spacial score (nSPS) is 11.7. The molecule has 0 saturated heterocycles. The average molecular weight is 442 g/mol. The first kappa shape index (κ1) is 21.5. The summed E-state index contributed by atoms with van der Waals surface area (Å²) in [7, 11) is 0. The number of halogens is 4. The summed E-state index contributed by atoms with van der Waals surface area (Å²) >= 11 is 0. The Bertz CT molecular complexity index is 1280. The molecule has 0 N–H and O–H groups in total. The third kappa shape index (κ3) is 4.34. The standard InChI is InChI=1S/C24H18F4N2O2/c1-2-32-23(31)16-4-3-5-19(13-16)30-21-11-8-17(24(26,27)28)14-20(21)29-22(30)12-15-6-9-18(25)10-7-15/h3-11,13-14H,2,12H2,1H3. The van der Waals surface area contributed by atoms with Crippen LogP contribution in [0.4, 0.5) is 17.6 Å². The van der Waals surface area contributed by atoms with E-state index in [2.05, 4.69) is 4.98 Å². The number of hydrogen-bond acceptors (Lipinski definition) is 3. The summed E-state index contributed by atoms with van der Waals surface area (Å²) < 4.78 is 59.7. The smallest absolute Gasteiger partial charge is 0.416 e. The third-order valence-electron chi connectivity index (χ3n) is 4.94. The van der Waals surface area contributed by atoms with Gasteiger partial charge in [-0.2, -0.15) is 13.2 Å². The average Bonchev–Trinajstić information content (AvgIpc) is 3.12. The lowest BCUT2D eigenvalue weighted by Crippen LogP contribution is -2.07. The number of ether oxygens (including phenoxy) is 1. The molecule has 0 radical (unpaired) electrons. The van der Waals surface area contributed by atoms with E-state index in [0.29, 0.717) is 22.6 Å². The Labute approximate surface area is 181 Å². The maximum absolute atomic E-state index is 13.3. The molecule has 0 saturated carbocycles. The van der Waals surface area contributed by atoms with Gasteiger partial charge in [0, 0.05) is 12.1 Å². The minimum atomic E-state index is -4.50. The Kier molecular flexibility index (Phi) is 5.69. The Morgan fingerprint density at radius 3 is 2.47 bits per heavy atom. The van der Waals surface area contributed by atoms with E-state index < -0.39 is 17.7 Å². The van der Waals surface area contributed by atoms with Gasteiger partial charge in [0.2, 0.25) is 0 Å². The minimum Gasteiger partial charge on any atom is -0.462 e. The molecule has 32 heavy (non-hydrogen) atoms. The van der Waals surface area contributed by atoms with Crippen LogP contribution < -0.4 is 0 Å². The van der Waals surface area contributed by atoms with Crippen molar-refractivity contribution in [2.75, 3.05) is 6.61 Å². The molecule has 0 aliphatic rings. The van der Waals surface area contributed by atoms with E-state index in [1.165, 1.54) is 18.2 Å². The maximum Gasteiger partial charge on any atom is 0.416 e. The summed E-state index contributed by atoms with van der Waals surface area (Å²) in [5.41, 5.74) is 1.42. The monoisotopic (exact) mass is 442 g/mol. The van der Waals surface area contributed by atoms with Crippen molar-refractivity contribution in [1.82, 2.24) is 9.55 Å². The predicted octanol–water partition coefficient (Wildman–Crippen LogP) is 5.95. The van der Waals surface area contributed by atoms with Gasteiger partial charge in [-0.3, -0.25) is 4.57 Å². The molecule has 0 fully saturated rings. The van der Waals surface area contributed by atoms with Gasteiger partial charge in [-0.25, -0.2) is 14.2 Å². The van der Waals surface area contributed by atoms with E-state index in [1.807, 2.05) is 0 Å².